The minimum Gasteiger partial charge on any atom is -0.343 e. The summed E-state index contributed by atoms with van der Waals surface area (Å²) in [4.78, 5) is 14.1. The zero-order valence-corrected chi connectivity index (χ0v) is 12.3. The number of hydrogen-bond acceptors (Lipinski definition) is 2. The molecule has 3 nitrogen and oxygen atoms in total. The second-order valence-electron chi connectivity index (χ2n) is 5.53. The molecule has 1 aromatic carbocycles. The Morgan fingerprint density at radius 3 is 2.40 bits per heavy atom. The highest BCUT2D eigenvalue weighted by molar-refractivity contribution is 5.76. The Kier molecular flexibility index (Phi) is 6.58. The zero-order valence-electron chi connectivity index (χ0n) is 12.3. The number of carbonyl (C=O) groups excluding carboxylic acids is 1. The molecule has 3 heteroatoms. The molecule has 110 valence electrons. The average Bonchev–Trinajstić information content (AvgIpc) is 2.77. The summed E-state index contributed by atoms with van der Waals surface area (Å²) in [5, 5.41) is 3.37. The molecule has 0 aliphatic carbocycles. The van der Waals surface area contributed by atoms with Crippen molar-refractivity contribution in [2.45, 2.75) is 38.5 Å². The minimum atomic E-state index is 0.319. The third-order valence-electron chi connectivity index (χ3n) is 3.91. The maximum Gasteiger partial charge on any atom is 0.223 e. The van der Waals surface area contributed by atoms with Gasteiger partial charge in [-0.15, -0.1) is 0 Å². The van der Waals surface area contributed by atoms with E-state index in [0.29, 0.717) is 12.3 Å². The normalized spacial score (nSPS) is 15.9. The van der Waals surface area contributed by atoms with Crippen molar-refractivity contribution < 1.29 is 4.79 Å². The maximum absolute atomic E-state index is 12.1. The van der Waals surface area contributed by atoms with E-state index in [4.69, 9.17) is 0 Å². The Labute approximate surface area is 122 Å². The van der Waals surface area contributed by atoms with Crippen LogP contribution in [-0.2, 0) is 11.2 Å². The Balaban J connectivity index is 1.57. The van der Waals surface area contributed by atoms with Crippen molar-refractivity contribution >= 4 is 5.91 Å². The largest absolute Gasteiger partial charge is 0.343 e. The van der Waals surface area contributed by atoms with E-state index in [2.05, 4.69) is 29.6 Å². The van der Waals surface area contributed by atoms with Crippen LogP contribution in [0.4, 0.5) is 0 Å². The van der Waals surface area contributed by atoms with Crippen LogP contribution in [0.25, 0.3) is 0 Å². The first kappa shape index (κ1) is 15.0. The van der Waals surface area contributed by atoms with E-state index in [1.165, 1.54) is 31.2 Å². The summed E-state index contributed by atoms with van der Waals surface area (Å²) in [5.41, 5.74) is 1.35. The molecular formula is C17H26N2O. The van der Waals surface area contributed by atoms with Crippen LogP contribution in [0.2, 0.25) is 0 Å². The van der Waals surface area contributed by atoms with Gasteiger partial charge in [0.15, 0.2) is 0 Å². The fourth-order valence-electron chi connectivity index (χ4n) is 2.68. The van der Waals surface area contributed by atoms with E-state index >= 15 is 0 Å². The molecule has 0 radical (unpaired) electrons. The van der Waals surface area contributed by atoms with E-state index < -0.39 is 0 Å². The fourth-order valence-corrected chi connectivity index (χ4v) is 2.68. The zero-order chi connectivity index (χ0) is 14.0. The molecule has 2 rings (SSSR count). The lowest BCUT2D eigenvalue weighted by molar-refractivity contribution is -0.131. The van der Waals surface area contributed by atoms with Crippen molar-refractivity contribution in [2.24, 2.45) is 0 Å². The molecule has 1 N–H and O–H groups in total. The highest BCUT2D eigenvalue weighted by Crippen LogP contribution is 2.10. The Bertz CT molecular complexity index is 383. The van der Waals surface area contributed by atoms with Crippen molar-refractivity contribution in [3.63, 3.8) is 0 Å². The van der Waals surface area contributed by atoms with E-state index in [9.17, 15) is 4.79 Å². The molecule has 0 bridgehead atoms. The molecule has 0 aromatic heterocycles. The number of benzene rings is 1. The van der Waals surface area contributed by atoms with E-state index in [1.807, 2.05) is 11.0 Å². The predicted octanol–water partition coefficient (Wildman–Crippen LogP) is 2.61. The third kappa shape index (κ3) is 5.33. The molecule has 1 fully saturated rings. The Hall–Kier alpha value is -1.35. The van der Waals surface area contributed by atoms with Gasteiger partial charge in [-0.05, 0) is 31.4 Å². The summed E-state index contributed by atoms with van der Waals surface area (Å²) in [6, 6.07) is 10.5. The smallest absolute Gasteiger partial charge is 0.223 e. The lowest BCUT2D eigenvalue weighted by Crippen LogP contribution is -2.34. The van der Waals surface area contributed by atoms with Crippen molar-refractivity contribution in [2.75, 3.05) is 26.2 Å². The molecular weight excluding hydrogens is 248 g/mol. The van der Waals surface area contributed by atoms with Gasteiger partial charge >= 0.3 is 0 Å². The van der Waals surface area contributed by atoms with Crippen molar-refractivity contribution in [3.05, 3.63) is 35.9 Å². The molecule has 0 saturated carbocycles. The topological polar surface area (TPSA) is 32.3 Å². The lowest BCUT2D eigenvalue weighted by Gasteiger charge is -2.20. The van der Waals surface area contributed by atoms with Crippen LogP contribution >= 0.6 is 0 Å². The average molecular weight is 274 g/mol. The first-order valence-electron chi connectivity index (χ1n) is 7.89. The van der Waals surface area contributed by atoms with Crippen molar-refractivity contribution in [3.8, 4) is 0 Å². The summed E-state index contributed by atoms with van der Waals surface area (Å²) in [6.45, 7) is 3.66. The molecule has 1 aliphatic rings. The van der Waals surface area contributed by atoms with Crippen LogP contribution in [0.15, 0.2) is 30.3 Å². The number of hydrogen-bond donors (Lipinski definition) is 1. The Morgan fingerprint density at radius 2 is 1.70 bits per heavy atom. The van der Waals surface area contributed by atoms with Gasteiger partial charge < -0.3 is 10.2 Å². The van der Waals surface area contributed by atoms with Crippen molar-refractivity contribution in [1.29, 1.82) is 0 Å². The number of amides is 1. The van der Waals surface area contributed by atoms with E-state index in [0.717, 1.165) is 32.6 Å². The highest BCUT2D eigenvalue weighted by atomic mass is 16.2. The van der Waals surface area contributed by atoms with Crippen LogP contribution < -0.4 is 5.32 Å². The van der Waals surface area contributed by atoms with Crippen LogP contribution in [0, 0.1) is 0 Å². The molecule has 1 heterocycles. The third-order valence-corrected chi connectivity index (χ3v) is 3.91. The van der Waals surface area contributed by atoms with Gasteiger partial charge in [-0.25, -0.2) is 0 Å². The van der Waals surface area contributed by atoms with Gasteiger partial charge in [-0.2, -0.15) is 0 Å². The minimum absolute atomic E-state index is 0.319. The molecule has 0 atom stereocenters. The van der Waals surface area contributed by atoms with Gasteiger partial charge in [-0.1, -0.05) is 43.2 Å². The number of rotatable bonds is 6. The molecule has 0 unspecified atom stereocenters. The Morgan fingerprint density at radius 1 is 1.00 bits per heavy atom. The first-order chi connectivity index (χ1) is 9.86. The van der Waals surface area contributed by atoms with Gasteiger partial charge in [0.1, 0.15) is 0 Å². The number of nitrogens with one attached hydrogen (secondary N) is 1. The van der Waals surface area contributed by atoms with Crippen LogP contribution in [0.3, 0.4) is 0 Å². The predicted molar refractivity (Wildman–Crippen MR) is 82.7 cm³/mol. The fraction of sp³-hybridized carbons (Fsp3) is 0.588. The molecule has 1 saturated heterocycles. The van der Waals surface area contributed by atoms with E-state index in [1.54, 1.807) is 0 Å². The van der Waals surface area contributed by atoms with Crippen molar-refractivity contribution in [1.82, 2.24) is 10.2 Å². The van der Waals surface area contributed by atoms with Gasteiger partial charge in [0.05, 0.1) is 0 Å². The second kappa shape index (κ2) is 8.75. The first-order valence-corrected chi connectivity index (χ1v) is 7.89. The van der Waals surface area contributed by atoms with Crippen LogP contribution in [-0.4, -0.2) is 37.0 Å². The summed E-state index contributed by atoms with van der Waals surface area (Å²) >= 11 is 0. The summed E-state index contributed by atoms with van der Waals surface area (Å²) in [7, 11) is 0. The summed E-state index contributed by atoms with van der Waals surface area (Å²) in [6.07, 6.45) is 6.56. The quantitative estimate of drug-likeness (QED) is 0.809. The number of carbonyl (C=O) groups is 1. The monoisotopic (exact) mass is 274 g/mol. The summed E-state index contributed by atoms with van der Waals surface area (Å²) < 4.78 is 0. The van der Waals surface area contributed by atoms with Crippen LogP contribution in [0.1, 0.15) is 37.7 Å². The SMILES string of the molecule is O=C(CCNCCc1ccccc1)N1CCCCCC1. The molecule has 20 heavy (non-hydrogen) atoms. The maximum atomic E-state index is 12.1. The van der Waals surface area contributed by atoms with Gasteiger partial charge in [0, 0.05) is 26.1 Å². The molecule has 0 spiro atoms. The number of nitrogens with zero attached hydrogens (tertiary/aromatic N) is 1. The second-order valence-corrected chi connectivity index (χ2v) is 5.53. The molecule has 1 aliphatic heterocycles. The summed E-state index contributed by atoms with van der Waals surface area (Å²) in [5.74, 6) is 0.319. The highest BCUT2D eigenvalue weighted by Gasteiger charge is 2.14. The van der Waals surface area contributed by atoms with Gasteiger partial charge in [0.2, 0.25) is 5.91 Å². The van der Waals surface area contributed by atoms with Gasteiger partial charge in [-0.3, -0.25) is 4.79 Å². The van der Waals surface area contributed by atoms with Gasteiger partial charge in [0.25, 0.3) is 0 Å². The van der Waals surface area contributed by atoms with Crippen LogP contribution in [0.5, 0.6) is 0 Å². The van der Waals surface area contributed by atoms with E-state index in [-0.39, 0.29) is 0 Å². The molecule has 1 amide bonds. The lowest BCUT2D eigenvalue weighted by atomic mass is 10.1. The number of likely N-dealkylation sites (tertiary alicyclic amines) is 1. The molecule has 1 aromatic rings. The standard InChI is InChI=1S/C17H26N2O/c20-17(19-14-6-1-2-7-15-19)11-13-18-12-10-16-8-4-3-5-9-16/h3-5,8-9,18H,1-2,6-7,10-15H2.